The first kappa shape index (κ1) is 24.6. The minimum absolute atomic E-state index is 0.0959. The molecule has 168 valence electrons. The molecule has 0 saturated carbocycles. The highest BCUT2D eigenvalue weighted by Gasteiger charge is 2.26. The number of sulfonamides is 1. The molecule has 0 aliphatic carbocycles. The van der Waals surface area contributed by atoms with Crippen molar-refractivity contribution >= 4 is 33.0 Å². The Morgan fingerprint density at radius 2 is 1.35 bits per heavy atom. The van der Waals surface area contributed by atoms with Gasteiger partial charge < -0.3 is 4.90 Å². The fraction of sp³-hybridized carbons (Fsp3) is 0.417. The zero-order chi connectivity index (χ0) is 23.0. The number of ketones is 2. The Hall–Kier alpha value is -2.67. The van der Waals surface area contributed by atoms with Gasteiger partial charge in [0.2, 0.25) is 0 Å². The lowest BCUT2D eigenvalue weighted by Gasteiger charge is -2.29. The van der Waals surface area contributed by atoms with E-state index in [1.165, 1.54) is 26.0 Å². The van der Waals surface area contributed by atoms with Crippen LogP contribution in [-0.4, -0.2) is 33.1 Å². The largest absolute Gasteiger partial charge is 0.370 e. The molecule has 31 heavy (non-hydrogen) atoms. The summed E-state index contributed by atoms with van der Waals surface area (Å²) in [7, 11) is -3.97. The van der Waals surface area contributed by atoms with Gasteiger partial charge in [-0.3, -0.25) is 14.3 Å². The lowest BCUT2D eigenvalue weighted by molar-refractivity contribution is 0.101. The number of hydrogen-bond donors (Lipinski definition) is 1. The molecule has 0 unspecified atom stereocenters. The summed E-state index contributed by atoms with van der Waals surface area (Å²) in [5, 5.41) is 0. The number of benzene rings is 2. The molecular weight excluding hydrogens is 412 g/mol. The molecule has 1 N–H and O–H groups in total. The summed E-state index contributed by atoms with van der Waals surface area (Å²) in [5.74, 6) is -0.542. The molecule has 6 nitrogen and oxygen atoms in total. The molecule has 2 aromatic rings. The van der Waals surface area contributed by atoms with E-state index in [1.54, 1.807) is 30.3 Å². The maximum absolute atomic E-state index is 13.0. The molecule has 0 saturated heterocycles. The zero-order valence-corrected chi connectivity index (χ0v) is 19.6. The molecule has 7 heteroatoms. The third-order valence-corrected chi connectivity index (χ3v) is 6.42. The van der Waals surface area contributed by atoms with Crippen molar-refractivity contribution in [3.63, 3.8) is 0 Å². The molecule has 0 aromatic heterocycles. The van der Waals surface area contributed by atoms with Crippen molar-refractivity contribution in [2.75, 3.05) is 22.7 Å². The fourth-order valence-electron chi connectivity index (χ4n) is 3.39. The molecule has 0 heterocycles. The normalized spacial score (nSPS) is 11.2. The van der Waals surface area contributed by atoms with Crippen LogP contribution in [0.5, 0.6) is 0 Å². The van der Waals surface area contributed by atoms with Crippen LogP contribution in [0, 0.1) is 0 Å². The predicted molar refractivity (Wildman–Crippen MR) is 126 cm³/mol. The average Bonchev–Trinajstić information content (AvgIpc) is 2.73. The van der Waals surface area contributed by atoms with Gasteiger partial charge in [-0.05, 0) is 51.0 Å². The van der Waals surface area contributed by atoms with Crippen LogP contribution >= 0.6 is 0 Å². The van der Waals surface area contributed by atoms with Gasteiger partial charge in [-0.15, -0.1) is 0 Å². The molecule has 0 atom stereocenters. The predicted octanol–water partition coefficient (Wildman–Crippen LogP) is 5.30. The van der Waals surface area contributed by atoms with Gasteiger partial charge in [0.1, 0.15) is 0 Å². The summed E-state index contributed by atoms with van der Waals surface area (Å²) in [5.41, 5.74) is 1.47. The topological polar surface area (TPSA) is 83.6 Å². The summed E-state index contributed by atoms with van der Waals surface area (Å²) in [6.45, 7) is 8.38. The van der Waals surface area contributed by atoms with Crippen LogP contribution in [0.1, 0.15) is 74.1 Å². The number of carbonyl (C=O) groups excluding carboxylic acids is 2. The van der Waals surface area contributed by atoms with Crippen LogP contribution in [-0.2, 0) is 10.0 Å². The lowest BCUT2D eigenvalue weighted by Crippen LogP contribution is -2.29. The highest BCUT2D eigenvalue weighted by Crippen LogP contribution is 2.32. The second-order valence-electron chi connectivity index (χ2n) is 7.65. The van der Waals surface area contributed by atoms with Gasteiger partial charge in [0.25, 0.3) is 10.0 Å². The quantitative estimate of drug-likeness (QED) is 0.449. The summed E-state index contributed by atoms with van der Waals surface area (Å²) < 4.78 is 28.6. The third-order valence-electron chi connectivity index (χ3n) is 5.06. The Bertz CT molecular complexity index is 974. The van der Waals surface area contributed by atoms with Gasteiger partial charge in [-0.2, -0.15) is 0 Å². The Morgan fingerprint density at radius 1 is 0.871 bits per heavy atom. The molecule has 0 bridgehead atoms. The van der Waals surface area contributed by atoms with E-state index in [2.05, 4.69) is 23.5 Å². The number of para-hydroxylation sites is 1. The van der Waals surface area contributed by atoms with Gasteiger partial charge in [0, 0.05) is 29.9 Å². The molecule has 0 radical (unpaired) electrons. The number of rotatable bonds is 12. The van der Waals surface area contributed by atoms with Crippen LogP contribution in [0.3, 0.4) is 0 Å². The van der Waals surface area contributed by atoms with Crippen LogP contribution in [0.4, 0.5) is 11.4 Å². The van der Waals surface area contributed by atoms with Crippen molar-refractivity contribution in [2.24, 2.45) is 0 Å². The SMILES string of the molecule is CCCCN(CCCC)c1c(C(C)=O)cc(S(=O)(=O)Nc2ccccc2)cc1C(C)=O. The molecule has 2 rings (SSSR count). The molecule has 0 amide bonds. The van der Waals surface area contributed by atoms with E-state index in [0.717, 1.165) is 25.7 Å². The number of Topliss-reactive ketones (excluding diaryl/α,β-unsaturated/α-hetero) is 2. The second kappa shape index (κ2) is 11.1. The van der Waals surface area contributed by atoms with Crippen molar-refractivity contribution in [1.29, 1.82) is 0 Å². The summed E-state index contributed by atoms with van der Waals surface area (Å²) in [6, 6.07) is 11.3. The van der Waals surface area contributed by atoms with Crippen molar-refractivity contribution in [1.82, 2.24) is 0 Å². The standard InChI is InChI=1S/C24H32N2O4S/c1-5-7-14-26(15-8-6-2)24-22(18(3)27)16-21(17-23(24)19(4)28)31(29,30)25-20-12-10-9-11-13-20/h9-13,16-17,25H,5-8,14-15H2,1-4H3. The number of unbranched alkanes of at least 4 members (excludes halogenated alkanes) is 2. The number of nitrogens with one attached hydrogen (secondary N) is 1. The van der Waals surface area contributed by atoms with Crippen molar-refractivity contribution in [2.45, 2.75) is 58.3 Å². The van der Waals surface area contributed by atoms with E-state index in [4.69, 9.17) is 0 Å². The first-order valence-corrected chi connectivity index (χ1v) is 12.2. The number of anilines is 2. The first-order chi connectivity index (χ1) is 14.7. The van der Waals surface area contributed by atoms with E-state index in [9.17, 15) is 18.0 Å². The molecule has 0 aliphatic rings. The summed E-state index contributed by atoms with van der Waals surface area (Å²) in [4.78, 5) is 27.1. The summed E-state index contributed by atoms with van der Waals surface area (Å²) >= 11 is 0. The minimum Gasteiger partial charge on any atom is -0.370 e. The summed E-state index contributed by atoms with van der Waals surface area (Å²) in [6.07, 6.45) is 3.77. The Balaban J connectivity index is 2.64. The van der Waals surface area contributed by atoms with Crippen molar-refractivity contribution in [3.05, 3.63) is 53.6 Å². The lowest BCUT2D eigenvalue weighted by atomic mass is 9.99. The van der Waals surface area contributed by atoms with Crippen LogP contribution in [0.2, 0.25) is 0 Å². The number of carbonyl (C=O) groups is 2. The fourth-order valence-corrected chi connectivity index (χ4v) is 4.50. The number of hydrogen-bond acceptors (Lipinski definition) is 5. The van der Waals surface area contributed by atoms with Crippen LogP contribution in [0.15, 0.2) is 47.4 Å². The maximum atomic E-state index is 13.0. The van der Waals surface area contributed by atoms with E-state index in [1.807, 2.05) is 0 Å². The van der Waals surface area contributed by atoms with E-state index in [0.29, 0.717) is 24.5 Å². The average molecular weight is 445 g/mol. The van der Waals surface area contributed by atoms with Crippen LogP contribution < -0.4 is 9.62 Å². The van der Waals surface area contributed by atoms with Gasteiger partial charge in [0.05, 0.1) is 10.6 Å². The molecule has 0 fully saturated rings. The molecular formula is C24H32N2O4S. The first-order valence-electron chi connectivity index (χ1n) is 10.7. The highest BCUT2D eigenvalue weighted by atomic mass is 32.2. The molecule has 0 spiro atoms. The van der Waals surface area contributed by atoms with Crippen LogP contribution in [0.25, 0.3) is 0 Å². The smallest absolute Gasteiger partial charge is 0.261 e. The highest BCUT2D eigenvalue weighted by molar-refractivity contribution is 7.92. The molecule has 2 aromatic carbocycles. The monoisotopic (exact) mass is 444 g/mol. The van der Waals surface area contributed by atoms with Gasteiger partial charge in [-0.25, -0.2) is 8.42 Å². The van der Waals surface area contributed by atoms with Gasteiger partial charge >= 0.3 is 0 Å². The second-order valence-corrected chi connectivity index (χ2v) is 9.33. The van der Waals surface area contributed by atoms with Gasteiger partial charge in [0.15, 0.2) is 11.6 Å². The van der Waals surface area contributed by atoms with Crippen molar-refractivity contribution < 1.29 is 18.0 Å². The Morgan fingerprint density at radius 3 is 1.77 bits per heavy atom. The molecule has 0 aliphatic heterocycles. The third kappa shape index (κ3) is 6.40. The zero-order valence-electron chi connectivity index (χ0n) is 18.8. The Kier molecular flexibility index (Phi) is 8.80. The maximum Gasteiger partial charge on any atom is 0.261 e. The van der Waals surface area contributed by atoms with E-state index >= 15 is 0 Å². The van der Waals surface area contributed by atoms with Gasteiger partial charge in [-0.1, -0.05) is 44.9 Å². The van der Waals surface area contributed by atoms with E-state index in [-0.39, 0.29) is 27.6 Å². The van der Waals surface area contributed by atoms with E-state index < -0.39 is 10.0 Å². The minimum atomic E-state index is -3.97. The number of nitrogens with zero attached hydrogens (tertiary/aromatic N) is 1. The Labute approximate surface area is 185 Å². The van der Waals surface area contributed by atoms with Crippen molar-refractivity contribution in [3.8, 4) is 0 Å².